The average molecular weight is 523 g/mol. The van der Waals surface area contributed by atoms with Crippen LogP contribution in [0.3, 0.4) is 0 Å². The van der Waals surface area contributed by atoms with Crippen LogP contribution in [-0.4, -0.2) is 53.8 Å². The molecule has 1 aromatic heterocycles. The number of hydrogen-bond donors (Lipinski definition) is 0. The molecule has 2 atom stereocenters. The van der Waals surface area contributed by atoms with Gasteiger partial charge < -0.3 is 18.9 Å². The van der Waals surface area contributed by atoms with Gasteiger partial charge in [0.15, 0.2) is 0 Å². The highest BCUT2D eigenvalue weighted by molar-refractivity contribution is 6.32. The molecule has 0 unspecified atom stereocenters. The fraction of sp³-hybridized carbons (Fsp3) is 0.500. The molecule has 6 nitrogen and oxygen atoms in total. The molecule has 0 amide bonds. The smallest absolute Gasteiger partial charge is 0.139 e. The Labute approximate surface area is 226 Å². The summed E-state index contributed by atoms with van der Waals surface area (Å²) in [5.74, 6) is 2.81. The van der Waals surface area contributed by atoms with Crippen LogP contribution in [0.25, 0.3) is 0 Å². The molecule has 0 saturated carbocycles. The van der Waals surface area contributed by atoms with Crippen molar-refractivity contribution in [1.29, 1.82) is 0 Å². The zero-order chi connectivity index (χ0) is 25.9. The molecule has 3 heterocycles. The van der Waals surface area contributed by atoms with Gasteiger partial charge in [-0.25, -0.2) is 4.98 Å². The van der Waals surface area contributed by atoms with Gasteiger partial charge in [-0.05, 0) is 81.3 Å². The van der Waals surface area contributed by atoms with Gasteiger partial charge in [-0.15, -0.1) is 0 Å². The van der Waals surface area contributed by atoms with Crippen LogP contribution in [0.4, 0.5) is 5.69 Å². The maximum absolute atomic E-state index is 6.27. The highest BCUT2D eigenvalue weighted by Crippen LogP contribution is 2.40. The summed E-state index contributed by atoms with van der Waals surface area (Å²) < 4.78 is 13.9. The van der Waals surface area contributed by atoms with E-state index < -0.39 is 0 Å². The molecule has 198 valence electrons. The van der Waals surface area contributed by atoms with Crippen molar-refractivity contribution in [3.8, 4) is 11.5 Å². The van der Waals surface area contributed by atoms with E-state index in [1.54, 1.807) is 7.11 Å². The molecular weight excluding hydrogens is 484 g/mol. The Morgan fingerprint density at radius 1 is 1.03 bits per heavy atom. The largest absolute Gasteiger partial charge is 0.495 e. The van der Waals surface area contributed by atoms with E-state index in [0.717, 1.165) is 49.9 Å². The van der Waals surface area contributed by atoms with Gasteiger partial charge in [0.2, 0.25) is 0 Å². The number of ether oxygens (including phenoxy) is 2. The van der Waals surface area contributed by atoms with E-state index in [4.69, 9.17) is 21.1 Å². The summed E-state index contributed by atoms with van der Waals surface area (Å²) in [7, 11) is 1.68. The van der Waals surface area contributed by atoms with Crippen molar-refractivity contribution < 1.29 is 9.47 Å². The second-order valence-electron chi connectivity index (χ2n) is 10.4. The van der Waals surface area contributed by atoms with Gasteiger partial charge in [-0.3, -0.25) is 4.90 Å². The monoisotopic (exact) mass is 522 g/mol. The number of rotatable bonds is 8. The van der Waals surface area contributed by atoms with Gasteiger partial charge in [-0.1, -0.05) is 17.7 Å². The van der Waals surface area contributed by atoms with Gasteiger partial charge in [0, 0.05) is 62.4 Å². The van der Waals surface area contributed by atoms with E-state index in [1.165, 1.54) is 41.6 Å². The number of nitrogens with zero attached hydrogens (tertiary/aromatic N) is 4. The number of aryl methyl sites for hydroxylation is 2. The topological polar surface area (TPSA) is 42.8 Å². The molecule has 0 N–H and O–H groups in total. The third-order valence-corrected chi connectivity index (χ3v) is 8.62. The van der Waals surface area contributed by atoms with E-state index in [2.05, 4.69) is 57.5 Å². The molecule has 3 aromatic rings. The summed E-state index contributed by atoms with van der Waals surface area (Å²) in [6, 6.07) is 11.7. The molecule has 7 heteroatoms. The normalized spacial score (nSPS) is 20.1. The number of halogens is 1. The number of imidazole rings is 1. The Morgan fingerprint density at radius 3 is 2.68 bits per heavy atom. The van der Waals surface area contributed by atoms with Crippen LogP contribution in [0.15, 0.2) is 42.7 Å². The van der Waals surface area contributed by atoms with Gasteiger partial charge in [-0.2, -0.15) is 0 Å². The Balaban J connectivity index is 1.24. The lowest BCUT2D eigenvalue weighted by Crippen LogP contribution is -2.56. The van der Waals surface area contributed by atoms with Crippen LogP contribution in [0.1, 0.15) is 54.2 Å². The summed E-state index contributed by atoms with van der Waals surface area (Å²) in [5, 5.41) is 0.661. The van der Waals surface area contributed by atoms with Crippen molar-refractivity contribution in [3.05, 3.63) is 70.3 Å². The van der Waals surface area contributed by atoms with E-state index >= 15 is 0 Å². The summed E-state index contributed by atoms with van der Waals surface area (Å²) >= 11 is 6.27. The standard InChI is InChI=1S/C30H39ClN4O2/c1-21-22(2)29(37-18-6-14-33-15-13-32-23(33)3)12-10-26(21)28-8-5-7-25-20-34(16-17-35(25)28)24-9-11-27(31)30(19-24)36-4/h9-13,15,19,25,28H,5-8,14,16-18,20H2,1-4H3/t25-,28+/m0/s1. The number of benzene rings is 2. The third-order valence-electron chi connectivity index (χ3n) is 8.31. The fourth-order valence-corrected chi connectivity index (χ4v) is 6.25. The van der Waals surface area contributed by atoms with E-state index in [9.17, 15) is 0 Å². The molecule has 5 rings (SSSR count). The SMILES string of the molecule is COc1cc(N2CCN3[C@@H](CCC[C@@H]3c3ccc(OCCCn4ccnc4C)c(C)c3C)C2)ccc1Cl. The first-order chi connectivity index (χ1) is 18.0. The molecule has 0 aliphatic carbocycles. The molecule has 2 aromatic carbocycles. The Kier molecular flexibility index (Phi) is 7.96. The van der Waals surface area contributed by atoms with Crippen molar-refractivity contribution in [2.75, 3.05) is 38.3 Å². The minimum atomic E-state index is 0.470. The predicted molar refractivity (Wildman–Crippen MR) is 150 cm³/mol. The quantitative estimate of drug-likeness (QED) is 0.322. The Bertz CT molecular complexity index is 1230. The summed E-state index contributed by atoms with van der Waals surface area (Å²) in [6.45, 7) is 11.3. The average Bonchev–Trinajstić information content (AvgIpc) is 3.33. The number of anilines is 1. The number of hydrogen-bond acceptors (Lipinski definition) is 5. The number of aromatic nitrogens is 2. The fourth-order valence-electron chi connectivity index (χ4n) is 6.05. The van der Waals surface area contributed by atoms with Crippen LogP contribution in [0.5, 0.6) is 11.5 Å². The number of methoxy groups -OCH3 is 1. The van der Waals surface area contributed by atoms with Crippen molar-refractivity contribution in [1.82, 2.24) is 14.5 Å². The molecule has 0 spiro atoms. The first kappa shape index (κ1) is 25.9. The van der Waals surface area contributed by atoms with Gasteiger partial charge >= 0.3 is 0 Å². The summed E-state index contributed by atoms with van der Waals surface area (Å²) in [6.07, 6.45) is 8.57. The van der Waals surface area contributed by atoms with Gasteiger partial charge in [0.05, 0.1) is 18.7 Å². The number of piperidine rings is 1. The first-order valence-corrected chi connectivity index (χ1v) is 13.9. The van der Waals surface area contributed by atoms with Gasteiger partial charge in [0.25, 0.3) is 0 Å². The van der Waals surface area contributed by atoms with Crippen LogP contribution in [-0.2, 0) is 6.54 Å². The zero-order valence-electron chi connectivity index (χ0n) is 22.5. The second kappa shape index (κ2) is 11.4. The zero-order valence-corrected chi connectivity index (χ0v) is 23.3. The minimum absolute atomic E-state index is 0.470. The highest BCUT2D eigenvalue weighted by atomic mass is 35.5. The van der Waals surface area contributed by atoms with Crippen LogP contribution >= 0.6 is 11.6 Å². The molecule has 2 aliphatic rings. The number of piperazine rings is 1. The molecule has 2 saturated heterocycles. The Morgan fingerprint density at radius 2 is 1.89 bits per heavy atom. The minimum Gasteiger partial charge on any atom is -0.495 e. The molecule has 0 radical (unpaired) electrons. The molecule has 37 heavy (non-hydrogen) atoms. The Hall–Kier alpha value is -2.70. The summed E-state index contributed by atoms with van der Waals surface area (Å²) in [5.41, 5.74) is 5.30. The maximum atomic E-state index is 6.27. The maximum Gasteiger partial charge on any atom is 0.139 e. The lowest BCUT2D eigenvalue weighted by molar-refractivity contribution is 0.0712. The molecule has 2 fully saturated rings. The molecule has 2 aliphatic heterocycles. The predicted octanol–water partition coefficient (Wildman–Crippen LogP) is 6.36. The highest BCUT2D eigenvalue weighted by Gasteiger charge is 2.36. The van der Waals surface area contributed by atoms with E-state index in [1.807, 2.05) is 25.4 Å². The second-order valence-corrected chi connectivity index (χ2v) is 10.8. The van der Waals surface area contributed by atoms with Crippen LogP contribution < -0.4 is 14.4 Å². The third kappa shape index (κ3) is 5.46. The summed E-state index contributed by atoms with van der Waals surface area (Å²) in [4.78, 5) is 9.54. The van der Waals surface area contributed by atoms with Crippen molar-refractivity contribution in [3.63, 3.8) is 0 Å². The lowest BCUT2D eigenvalue weighted by Gasteiger charge is -2.49. The molecular formula is C30H39ClN4O2. The first-order valence-electron chi connectivity index (χ1n) is 13.5. The van der Waals surface area contributed by atoms with E-state index in [0.29, 0.717) is 23.7 Å². The van der Waals surface area contributed by atoms with Crippen molar-refractivity contribution in [2.24, 2.45) is 0 Å². The number of fused-ring (bicyclic) bond motifs is 1. The van der Waals surface area contributed by atoms with E-state index in [-0.39, 0.29) is 0 Å². The van der Waals surface area contributed by atoms with Crippen molar-refractivity contribution >= 4 is 17.3 Å². The molecule has 0 bridgehead atoms. The van der Waals surface area contributed by atoms with Crippen LogP contribution in [0.2, 0.25) is 5.02 Å². The van der Waals surface area contributed by atoms with Crippen molar-refractivity contribution in [2.45, 2.75) is 65.1 Å². The lowest BCUT2D eigenvalue weighted by atomic mass is 9.86. The van der Waals surface area contributed by atoms with Gasteiger partial charge in [0.1, 0.15) is 17.3 Å². The van der Waals surface area contributed by atoms with Crippen LogP contribution in [0, 0.1) is 20.8 Å².